The number of nitrogens with one attached hydrogen (secondary N) is 1. The second-order valence-electron chi connectivity index (χ2n) is 5.86. The maximum absolute atomic E-state index is 12.5. The third-order valence-corrected chi connectivity index (χ3v) is 4.47. The van der Waals surface area contributed by atoms with E-state index in [9.17, 15) is 15.0 Å². The predicted octanol–water partition coefficient (Wildman–Crippen LogP) is 0.308. The zero-order valence-corrected chi connectivity index (χ0v) is 11.7. The van der Waals surface area contributed by atoms with E-state index in [1.54, 1.807) is 0 Å². The summed E-state index contributed by atoms with van der Waals surface area (Å²) in [4.78, 5) is 12.5. The Morgan fingerprint density at radius 1 is 1.30 bits per heavy atom. The van der Waals surface area contributed by atoms with Crippen molar-refractivity contribution < 1.29 is 15.0 Å². The SMILES string of the molecule is Cc1ccc(C(C)C(=O)N2N[C@@H]3C[C@H]2[C@@H](O)[C@H]3O)cc1. The van der Waals surface area contributed by atoms with Crippen LogP contribution < -0.4 is 5.43 Å². The molecule has 0 radical (unpaired) electrons. The summed E-state index contributed by atoms with van der Waals surface area (Å²) in [6, 6.07) is 7.34. The molecule has 1 aromatic rings. The number of carbonyl (C=O) groups excluding carboxylic acids is 1. The van der Waals surface area contributed by atoms with Crippen LogP contribution >= 0.6 is 0 Å². The van der Waals surface area contributed by atoms with Crippen molar-refractivity contribution in [2.75, 3.05) is 0 Å². The minimum Gasteiger partial charge on any atom is -0.389 e. The maximum Gasteiger partial charge on any atom is 0.244 e. The number of carbonyl (C=O) groups is 1. The standard InChI is InChI=1S/C15H20N2O3/c1-8-3-5-10(6-4-8)9(2)15(20)17-12-7-11(16-17)13(18)14(12)19/h3-6,9,11-14,16,18-19H,7H2,1-2H3/t9?,11-,12+,13+,14-/m1/s1. The zero-order valence-electron chi connectivity index (χ0n) is 11.7. The summed E-state index contributed by atoms with van der Waals surface area (Å²) in [5, 5.41) is 21.1. The Hall–Kier alpha value is -1.43. The van der Waals surface area contributed by atoms with Gasteiger partial charge in [-0.2, -0.15) is 0 Å². The molecule has 1 aliphatic carbocycles. The number of amides is 1. The number of hydrogen-bond acceptors (Lipinski definition) is 4. The van der Waals surface area contributed by atoms with Crippen LogP contribution in [0.1, 0.15) is 30.4 Å². The van der Waals surface area contributed by atoms with Crippen LogP contribution in [0.2, 0.25) is 0 Å². The van der Waals surface area contributed by atoms with E-state index in [-0.39, 0.29) is 23.9 Å². The third-order valence-electron chi connectivity index (χ3n) is 4.47. The van der Waals surface area contributed by atoms with Crippen LogP contribution in [-0.2, 0) is 4.79 Å². The van der Waals surface area contributed by atoms with Gasteiger partial charge in [0.05, 0.1) is 24.1 Å². The number of rotatable bonds is 2. The summed E-state index contributed by atoms with van der Waals surface area (Å²) >= 11 is 0. The molecule has 1 aromatic carbocycles. The summed E-state index contributed by atoms with van der Waals surface area (Å²) < 4.78 is 0. The smallest absolute Gasteiger partial charge is 0.244 e. The molecular formula is C15H20N2O3. The second-order valence-corrected chi connectivity index (χ2v) is 5.86. The van der Waals surface area contributed by atoms with Gasteiger partial charge in [0.2, 0.25) is 5.91 Å². The summed E-state index contributed by atoms with van der Waals surface area (Å²) in [6.07, 6.45) is -1.02. The molecule has 2 aliphatic rings. The Morgan fingerprint density at radius 2 is 1.95 bits per heavy atom. The molecule has 3 N–H and O–H groups in total. The van der Waals surface area contributed by atoms with Crippen molar-refractivity contribution in [3.63, 3.8) is 0 Å². The first-order valence-electron chi connectivity index (χ1n) is 7.01. The van der Waals surface area contributed by atoms with Crippen LogP contribution in [0, 0.1) is 6.92 Å². The van der Waals surface area contributed by atoms with Crippen molar-refractivity contribution in [2.45, 2.75) is 50.5 Å². The average Bonchev–Trinajstić information content (AvgIpc) is 2.99. The first-order chi connectivity index (χ1) is 9.49. The lowest BCUT2D eigenvalue weighted by atomic mass is 9.98. The number of hydrogen-bond donors (Lipinski definition) is 3. The van der Waals surface area contributed by atoms with Gasteiger partial charge in [0.15, 0.2) is 0 Å². The van der Waals surface area contributed by atoms with E-state index >= 15 is 0 Å². The highest BCUT2D eigenvalue weighted by atomic mass is 16.3. The fraction of sp³-hybridized carbons (Fsp3) is 0.533. The fourth-order valence-corrected chi connectivity index (χ4v) is 3.10. The molecular weight excluding hydrogens is 256 g/mol. The number of aliphatic hydroxyl groups is 2. The molecule has 5 heteroatoms. The monoisotopic (exact) mass is 276 g/mol. The van der Waals surface area contributed by atoms with E-state index in [0.29, 0.717) is 6.42 Å². The summed E-state index contributed by atoms with van der Waals surface area (Å²) in [6.45, 7) is 3.87. The Bertz CT molecular complexity index is 514. The Kier molecular flexibility index (Phi) is 3.28. The average molecular weight is 276 g/mol. The molecule has 1 saturated heterocycles. The second kappa shape index (κ2) is 4.84. The minimum atomic E-state index is -0.851. The van der Waals surface area contributed by atoms with Gasteiger partial charge in [0, 0.05) is 0 Å². The first kappa shape index (κ1) is 13.5. The summed E-state index contributed by atoms with van der Waals surface area (Å²) in [5.41, 5.74) is 5.12. The first-order valence-corrected chi connectivity index (χ1v) is 7.01. The van der Waals surface area contributed by atoms with E-state index in [2.05, 4.69) is 5.43 Å². The van der Waals surface area contributed by atoms with Crippen molar-refractivity contribution in [3.8, 4) is 0 Å². The van der Waals surface area contributed by atoms with Crippen molar-refractivity contribution in [1.82, 2.24) is 10.4 Å². The van der Waals surface area contributed by atoms with Crippen molar-refractivity contribution in [3.05, 3.63) is 35.4 Å². The van der Waals surface area contributed by atoms with Gasteiger partial charge in [-0.3, -0.25) is 9.80 Å². The molecule has 5 atom stereocenters. The topological polar surface area (TPSA) is 72.8 Å². The van der Waals surface area contributed by atoms with Gasteiger partial charge in [-0.25, -0.2) is 5.43 Å². The van der Waals surface area contributed by atoms with Gasteiger partial charge in [0.1, 0.15) is 6.10 Å². The Labute approximate surface area is 118 Å². The largest absolute Gasteiger partial charge is 0.389 e. The van der Waals surface area contributed by atoms with Crippen LogP contribution in [0.3, 0.4) is 0 Å². The maximum atomic E-state index is 12.5. The molecule has 0 aromatic heterocycles. The molecule has 1 unspecified atom stereocenters. The highest BCUT2D eigenvalue weighted by molar-refractivity contribution is 5.83. The molecule has 1 amide bonds. The van der Waals surface area contributed by atoms with Crippen molar-refractivity contribution >= 4 is 5.91 Å². The summed E-state index contributed by atoms with van der Waals surface area (Å²) in [5.74, 6) is -0.334. The van der Waals surface area contributed by atoms with E-state index in [1.165, 1.54) is 5.01 Å². The number of benzene rings is 1. The fourth-order valence-electron chi connectivity index (χ4n) is 3.10. The van der Waals surface area contributed by atoms with Crippen LogP contribution in [0.15, 0.2) is 24.3 Å². The number of aliphatic hydroxyl groups excluding tert-OH is 2. The summed E-state index contributed by atoms with van der Waals surface area (Å²) in [7, 11) is 0. The van der Waals surface area contributed by atoms with Crippen LogP contribution in [0.4, 0.5) is 0 Å². The molecule has 3 rings (SSSR count). The molecule has 0 spiro atoms. The predicted molar refractivity (Wildman–Crippen MR) is 73.8 cm³/mol. The lowest BCUT2D eigenvalue weighted by Gasteiger charge is -2.35. The third kappa shape index (κ3) is 2.02. The Morgan fingerprint density at radius 3 is 2.50 bits per heavy atom. The van der Waals surface area contributed by atoms with Gasteiger partial charge >= 0.3 is 0 Å². The number of aryl methyl sites for hydroxylation is 1. The van der Waals surface area contributed by atoms with Crippen LogP contribution in [-0.4, -0.2) is 45.4 Å². The van der Waals surface area contributed by atoms with E-state index < -0.39 is 12.2 Å². The highest BCUT2D eigenvalue weighted by Gasteiger charge is 2.52. The molecule has 1 heterocycles. The van der Waals surface area contributed by atoms with E-state index in [1.807, 2.05) is 38.1 Å². The molecule has 20 heavy (non-hydrogen) atoms. The van der Waals surface area contributed by atoms with Crippen LogP contribution in [0.5, 0.6) is 0 Å². The molecule has 1 saturated carbocycles. The van der Waals surface area contributed by atoms with Gasteiger partial charge in [-0.1, -0.05) is 29.8 Å². The van der Waals surface area contributed by atoms with Crippen molar-refractivity contribution in [2.24, 2.45) is 0 Å². The van der Waals surface area contributed by atoms with Crippen molar-refractivity contribution in [1.29, 1.82) is 0 Å². The Balaban J connectivity index is 1.75. The van der Waals surface area contributed by atoms with E-state index in [4.69, 9.17) is 0 Å². The molecule has 5 nitrogen and oxygen atoms in total. The van der Waals surface area contributed by atoms with Gasteiger partial charge in [0.25, 0.3) is 0 Å². The number of nitrogens with zero attached hydrogens (tertiary/aromatic N) is 1. The van der Waals surface area contributed by atoms with Gasteiger partial charge in [-0.15, -0.1) is 0 Å². The number of hydrazine groups is 1. The number of fused-ring (bicyclic) bond motifs is 2. The normalized spacial score (nSPS) is 33.5. The molecule has 2 fully saturated rings. The quantitative estimate of drug-likeness (QED) is 0.727. The lowest BCUT2D eigenvalue weighted by molar-refractivity contribution is -0.145. The molecule has 108 valence electrons. The van der Waals surface area contributed by atoms with Gasteiger partial charge in [-0.05, 0) is 25.8 Å². The molecule has 2 bridgehead atoms. The van der Waals surface area contributed by atoms with Crippen LogP contribution in [0.25, 0.3) is 0 Å². The van der Waals surface area contributed by atoms with Gasteiger partial charge < -0.3 is 10.2 Å². The molecule has 1 aliphatic heterocycles. The highest BCUT2D eigenvalue weighted by Crippen LogP contribution is 2.33. The lowest BCUT2D eigenvalue weighted by Crippen LogP contribution is -2.59. The van der Waals surface area contributed by atoms with E-state index in [0.717, 1.165) is 11.1 Å². The zero-order chi connectivity index (χ0) is 14.4. The minimum absolute atomic E-state index is 0.0627.